The molecule has 1 N–H and O–H groups in total. The summed E-state index contributed by atoms with van der Waals surface area (Å²) in [5, 5.41) is 3.55. The van der Waals surface area contributed by atoms with Crippen molar-refractivity contribution in [2.45, 2.75) is 13.8 Å². The molecule has 0 spiro atoms. The fraction of sp³-hybridized carbons (Fsp3) is 0.350. The van der Waals surface area contributed by atoms with E-state index in [0.717, 1.165) is 0 Å². The summed E-state index contributed by atoms with van der Waals surface area (Å²) in [5.74, 6) is 2.21. The zero-order valence-corrected chi connectivity index (χ0v) is 16.1. The summed E-state index contributed by atoms with van der Waals surface area (Å²) in [5.41, 5.74) is 1.50. The Morgan fingerprint density at radius 1 is 1.21 bits per heavy atom. The van der Waals surface area contributed by atoms with E-state index in [0.29, 0.717) is 71.8 Å². The highest BCUT2D eigenvalue weighted by Gasteiger charge is 2.26. The molecular formula is C20H22N4O4. The highest BCUT2D eigenvalue weighted by atomic mass is 16.5. The van der Waals surface area contributed by atoms with E-state index in [1.54, 1.807) is 20.1 Å². The van der Waals surface area contributed by atoms with Crippen LogP contribution >= 0.6 is 0 Å². The lowest BCUT2D eigenvalue weighted by Crippen LogP contribution is -2.37. The van der Waals surface area contributed by atoms with Crippen LogP contribution in [0.1, 0.15) is 21.9 Å². The molecule has 3 aromatic rings. The van der Waals surface area contributed by atoms with Crippen molar-refractivity contribution in [2.75, 3.05) is 43.6 Å². The van der Waals surface area contributed by atoms with E-state index in [9.17, 15) is 4.79 Å². The summed E-state index contributed by atoms with van der Waals surface area (Å²) in [6.07, 6.45) is 0. The number of hydrogen-bond donors (Lipinski definition) is 1. The standard InChI is InChI=1S/C20H22N4O4/c1-12-16(19(25)23-14-5-4-6-15(11-14)26-3)17-18(24-7-9-27-10-8-24)21-13(2)22-20(17)28-12/h4-6,11H,7-10H2,1-3H3,(H,23,25). The van der Waals surface area contributed by atoms with Crippen LogP contribution in [-0.4, -0.2) is 49.3 Å². The van der Waals surface area contributed by atoms with E-state index in [2.05, 4.69) is 20.2 Å². The monoisotopic (exact) mass is 382 g/mol. The minimum atomic E-state index is -0.272. The Bertz CT molecular complexity index is 1020. The number of benzene rings is 1. The molecule has 28 heavy (non-hydrogen) atoms. The van der Waals surface area contributed by atoms with E-state index < -0.39 is 0 Å². The average Bonchev–Trinajstić information content (AvgIpc) is 3.03. The smallest absolute Gasteiger partial charge is 0.260 e. The SMILES string of the molecule is COc1cccc(NC(=O)c2c(C)oc3nc(C)nc(N4CCOCC4)c23)c1. The number of anilines is 2. The van der Waals surface area contributed by atoms with Crippen LogP contribution in [0.4, 0.5) is 11.5 Å². The number of amides is 1. The molecule has 0 radical (unpaired) electrons. The summed E-state index contributed by atoms with van der Waals surface area (Å²) < 4.78 is 16.5. The predicted octanol–water partition coefficient (Wildman–Crippen LogP) is 2.94. The number of aryl methyl sites for hydroxylation is 2. The van der Waals surface area contributed by atoms with Crippen molar-refractivity contribution < 1.29 is 18.7 Å². The van der Waals surface area contributed by atoms with Gasteiger partial charge in [-0.1, -0.05) is 6.07 Å². The Morgan fingerprint density at radius 2 is 2.00 bits per heavy atom. The van der Waals surface area contributed by atoms with Gasteiger partial charge in [-0.2, -0.15) is 4.98 Å². The van der Waals surface area contributed by atoms with Crippen LogP contribution in [0.25, 0.3) is 11.1 Å². The van der Waals surface area contributed by atoms with Crippen molar-refractivity contribution in [3.05, 3.63) is 41.4 Å². The van der Waals surface area contributed by atoms with Crippen molar-refractivity contribution in [3.8, 4) is 5.75 Å². The van der Waals surface area contributed by atoms with Crippen molar-refractivity contribution in [1.82, 2.24) is 9.97 Å². The van der Waals surface area contributed by atoms with Gasteiger partial charge in [0.25, 0.3) is 5.91 Å². The second-order valence-corrected chi connectivity index (χ2v) is 6.59. The summed E-state index contributed by atoms with van der Waals surface area (Å²) in [7, 11) is 1.59. The third-order valence-electron chi connectivity index (χ3n) is 4.69. The molecule has 1 aromatic carbocycles. The van der Waals surface area contributed by atoms with Crippen molar-refractivity contribution in [1.29, 1.82) is 0 Å². The van der Waals surface area contributed by atoms with Gasteiger partial charge in [-0.05, 0) is 26.0 Å². The van der Waals surface area contributed by atoms with Crippen LogP contribution in [-0.2, 0) is 4.74 Å². The first kappa shape index (κ1) is 18.2. The van der Waals surface area contributed by atoms with E-state index in [1.807, 2.05) is 25.1 Å². The van der Waals surface area contributed by atoms with Crippen LogP contribution in [0.5, 0.6) is 5.75 Å². The molecule has 1 fully saturated rings. The summed E-state index contributed by atoms with van der Waals surface area (Å²) >= 11 is 0. The second kappa shape index (κ2) is 7.47. The van der Waals surface area contributed by atoms with E-state index >= 15 is 0 Å². The Balaban J connectivity index is 1.77. The fourth-order valence-corrected chi connectivity index (χ4v) is 3.37. The van der Waals surface area contributed by atoms with Crippen molar-refractivity contribution in [3.63, 3.8) is 0 Å². The van der Waals surface area contributed by atoms with Crippen LogP contribution in [0.15, 0.2) is 28.7 Å². The first-order valence-corrected chi connectivity index (χ1v) is 9.12. The molecule has 1 amide bonds. The molecule has 0 aliphatic carbocycles. The molecule has 1 saturated heterocycles. The van der Waals surface area contributed by atoms with Crippen LogP contribution < -0.4 is 15.0 Å². The second-order valence-electron chi connectivity index (χ2n) is 6.59. The zero-order valence-electron chi connectivity index (χ0n) is 16.1. The van der Waals surface area contributed by atoms with E-state index in [-0.39, 0.29) is 5.91 Å². The number of ether oxygens (including phenoxy) is 2. The van der Waals surface area contributed by atoms with Gasteiger partial charge in [-0.25, -0.2) is 4.98 Å². The van der Waals surface area contributed by atoms with Crippen molar-refractivity contribution >= 4 is 28.5 Å². The van der Waals surface area contributed by atoms with Crippen LogP contribution in [0.2, 0.25) is 0 Å². The summed E-state index contributed by atoms with van der Waals surface area (Å²) in [6, 6.07) is 7.21. The minimum absolute atomic E-state index is 0.272. The molecule has 8 nitrogen and oxygen atoms in total. The molecule has 3 heterocycles. The molecule has 4 rings (SSSR count). The molecular weight excluding hydrogens is 360 g/mol. The van der Waals surface area contributed by atoms with E-state index in [4.69, 9.17) is 13.9 Å². The zero-order chi connectivity index (χ0) is 19.7. The number of furan rings is 1. The number of aromatic nitrogens is 2. The molecule has 0 saturated carbocycles. The van der Waals surface area contributed by atoms with Crippen LogP contribution in [0.3, 0.4) is 0 Å². The number of methoxy groups -OCH3 is 1. The number of nitrogens with zero attached hydrogens (tertiary/aromatic N) is 3. The number of hydrogen-bond acceptors (Lipinski definition) is 7. The Hall–Kier alpha value is -3.13. The Labute approximate surface area is 162 Å². The number of morpholine rings is 1. The van der Waals surface area contributed by atoms with Gasteiger partial charge in [0.2, 0.25) is 5.71 Å². The average molecular weight is 382 g/mol. The number of fused-ring (bicyclic) bond motifs is 1. The van der Waals surface area contributed by atoms with Gasteiger partial charge in [0, 0.05) is 24.8 Å². The number of nitrogens with one attached hydrogen (secondary N) is 1. The van der Waals surface area contributed by atoms with Gasteiger partial charge in [0.15, 0.2) is 0 Å². The highest BCUT2D eigenvalue weighted by Crippen LogP contribution is 2.33. The summed E-state index contributed by atoms with van der Waals surface area (Å²) in [4.78, 5) is 24.2. The third kappa shape index (κ3) is 3.38. The lowest BCUT2D eigenvalue weighted by atomic mass is 10.1. The van der Waals surface area contributed by atoms with Crippen LogP contribution in [0, 0.1) is 13.8 Å². The molecule has 1 aliphatic heterocycles. The molecule has 2 aromatic heterocycles. The van der Waals surface area contributed by atoms with Crippen molar-refractivity contribution in [2.24, 2.45) is 0 Å². The molecule has 0 bridgehead atoms. The first-order valence-electron chi connectivity index (χ1n) is 9.12. The maximum Gasteiger partial charge on any atom is 0.260 e. The molecule has 1 aliphatic rings. The number of carbonyl (C=O) groups excluding carboxylic acids is 1. The fourth-order valence-electron chi connectivity index (χ4n) is 3.37. The quantitative estimate of drug-likeness (QED) is 0.742. The van der Waals surface area contributed by atoms with Gasteiger partial charge < -0.3 is 24.1 Å². The maximum absolute atomic E-state index is 13.1. The summed E-state index contributed by atoms with van der Waals surface area (Å²) in [6.45, 7) is 6.22. The van der Waals surface area contributed by atoms with Gasteiger partial charge in [0.1, 0.15) is 23.2 Å². The largest absolute Gasteiger partial charge is 0.497 e. The number of rotatable bonds is 4. The maximum atomic E-state index is 13.1. The lowest BCUT2D eigenvalue weighted by molar-refractivity contribution is 0.102. The molecule has 8 heteroatoms. The van der Waals surface area contributed by atoms with E-state index in [1.165, 1.54) is 0 Å². The van der Waals surface area contributed by atoms with Gasteiger partial charge in [-0.3, -0.25) is 4.79 Å². The molecule has 0 unspecified atom stereocenters. The van der Waals surface area contributed by atoms with Gasteiger partial charge >= 0.3 is 0 Å². The highest BCUT2D eigenvalue weighted by molar-refractivity contribution is 6.15. The van der Waals surface area contributed by atoms with Gasteiger partial charge in [0.05, 0.1) is 31.3 Å². The minimum Gasteiger partial charge on any atom is -0.497 e. The topological polar surface area (TPSA) is 89.7 Å². The Kier molecular flexibility index (Phi) is 4.87. The molecule has 0 atom stereocenters. The lowest BCUT2D eigenvalue weighted by Gasteiger charge is -2.28. The van der Waals surface area contributed by atoms with Gasteiger partial charge in [-0.15, -0.1) is 0 Å². The third-order valence-corrected chi connectivity index (χ3v) is 4.69. The Morgan fingerprint density at radius 3 is 2.75 bits per heavy atom. The normalized spacial score (nSPS) is 14.3. The molecule has 146 valence electrons. The predicted molar refractivity (Wildman–Crippen MR) is 105 cm³/mol. The number of carbonyl (C=O) groups is 1. The first-order chi connectivity index (χ1) is 13.6.